The van der Waals surface area contributed by atoms with Crippen LogP contribution in [0.15, 0.2) is 54.7 Å². The summed E-state index contributed by atoms with van der Waals surface area (Å²) in [4.78, 5) is 13.9. The zero-order valence-electron chi connectivity index (χ0n) is 11.9. The highest BCUT2D eigenvalue weighted by Gasteiger charge is 2.10. The van der Waals surface area contributed by atoms with E-state index in [-0.39, 0.29) is 0 Å². The summed E-state index contributed by atoms with van der Waals surface area (Å²) in [6, 6.07) is 15.6. The number of nitrogens with zero attached hydrogens (tertiary/aromatic N) is 3. The lowest BCUT2D eigenvalue weighted by Gasteiger charge is -2.08. The molecule has 0 aliphatic carbocycles. The van der Waals surface area contributed by atoms with Crippen molar-refractivity contribution >= 4 is 33.5 Å². The van der Waals surface area contributed by atoms with Crippen LogP contribution in [0.3, 0.4) is 0 Å². The molecule has 4 rings (SSSR count). The molecule has 0 radical (unpaired) electrons. The highest BCUT2D eigenvalue weighted by molar-refractivity contribution is 6.30. The first-order valence-corrected chi connectivity index (χ1v) is 7.38. The lowest BCUT2D eigenvalue weighted by atomic mass is 10.1. The molecule has 0 aliphatic heterocycles. The summed E-state index contributed by atoms with van der Waals surface area (Å²) >= 11 is 5.97. The molecular formula is C18H12ClN3. The fraction of sp³-hybridized carbons (Fsp3) is 0.0556. The van der Waals surface area contributed by atoms with Crippen molar-refractivity contribution in [3.05, 3.63) is 65.4 Å². The van der Waals surface area contributed by atoms with Crippen molar-refractivity contribution in [1.29, 1.82) is 0 Å². The van der Waals surface area contributed by atoms with Gasteiger partial charge in [-0.15, -0.1) is 0 Å². The predicted octanol–water partition coefficient (Wildman–Crippen LogP) is 4.81. The Morgan fingerprint density at radius 3 is 2.45 bits per heavy atom. The fourth-order valence-electron chi connectivity index (χ4n) is 2.64. The largest absolute Gasteiger partial charge is 0.256 e. The third-order valence-electron chi connectivity index (χ3n) is 3.71. The maximum absolute atomic E-state index is 5.97. The Hall–Kier alpha value is -2.52. The Morgan fingerprint density at radius 1 is 0.864 bits per heavy atom. The van der Waals surface area contributed by atoms with Gasteiger partial charge in [-0.2, -0.15) is 0 Å². The molecule has 22 heavy (non-hydrogen) atoms. The fourth-order valence-corrected chi connectivity index (χ4v) is 2.77. The normalized spacial score (nSPS) is 11.2. The Labute approximate surface area is 132 Å². The number of benzene rings is 2. The van der Waals surface area contributed by atoms with Crippen molar-refractivity contribution < 1.29 is 0 Å². The van der Waals surface area contributed by atoms with Crippen molar-refractivity contribution in [3.8, 4) is 11.3 Å². The molecule has 2 aromatic carbocycles. The first-order valence-electron chi connectivity index (χ1n) is 7.00. The molecule has 0 spiro atoms. The van der Waals surface area contributed by atoms with E-state index in [1.54, 1.807) is 6.20 Å². The summed E-state index contributed by atoms with van der Waals surface area (Å²) < 4.78 is 0. The van der Waals surface area contributed by atoms with Gasteiger partial charge in [0.1, 0.15) is 0 Å². The van der Waals surface area contributed by atoms with Gasteiger partial charge in [-0.25, -0.2) is 9.97 Å². The van der Waals surface area contributed by atoms with Crippen LogP contribution in [0.2, 0.25) is 5.02 Å². The maximum Gasteiger partial charge on any atom is 0.0988 e. The van der Waals surface area contributed by atoms with E-state index in [4.69, 9.17) is 21.6 Å². The predicted molar refractivity (Wildman–Crippen MR) is 90.0 cm³/mol. The molecule has 0 amide bonds. The Kier molecular flexibility index (Phi) is 3.01. The highest BCUT2D eigenvalue weighted by Crippen LogP contribution is 2.27. The van der Waals surface area contributed by atoms with Crippen LogP contribution in [0.4, 0.5) is 0 Å². The topological polar surface area (TPSA) is 38.7 Å². The summed E-state index contributed by atoms with van der Waals surface area (Å²) in [5.41, 5.74) is 5.47. The Bertz CT molecular complexity index is 994. The van der Waals surface area contributed by atoms with Crippen LogP contribution in [0.1, 0.15) is 5.69 Å². The number of fused-ring (bicyclic) bond motifs is 3. The first kappa shape index (κ1) is 13.2. The Morgan fingerprint density at radius 2 is 1.64 bits per heavy atom. The van der Waals surface area contributed by atoms with Gasteiger partial charge in [0, 0.05) is 22.2 Å². The van der Waals surface area contributed by atoms with Gasteiger partial charge in [0.15, 0.2) is 0 Å². The van der Waals surface area contributed by atoms with Crippen LogP contribution < -0.4 is 0 Å². The summed E-state index contributed by atoms with van der Waals surface area (Å²) in [6.45, 7) is 1.98. The van der Waals surface area contributed by atoms with E-state index in [2.05, 4.69) is 4.98 Å². The van der Waals surface area contributed by atoms with Gasteiger partial charge in [0.2, 0.25) is 0 Å². The first-order chi connectivity index (χ1) is 10.7. The molecule has 0 fully saturated rings. The van der Waals surface area contributed by atoms with E-state index in [1.165, 1.54) is 0 Å². The van der Waals surface area contributed by atoms with Crippen molar-refractivity contribution in [2.24, 2.45) is 0 Å². The van der Waals surface area contributed by atoms with Crippen molar-refractivity contribution in [3.63, 3.8) is 0 Å². The molecule has 0 unspecified atom stereocenters. The minimum Gasteiger partial charge on any atom is -0.256 e. The van der Waals surface area contributed by atoms with E-state index in [9.17, 15) is 0 Å². The molecule has 106 valence electrons. The molecule has 0 saturated heterocycles. The number of rotatable bonds is 1. The molecule has 0 bridgehead atoms. The van der Waals surface area contributed by atoms with E-state index in [0.29, 0.717) is 5.02 Å². The average Bonchev–Trinajstić information content (AvgIpc) is 2.55. The summed E-state index contributed by atoms with van der Waals surface area (Å²) in [6.07, 6.45) is 1.79. The molecule has 4 heteroatoms. The van der Waals surface area contributed by atoms with Crippen LogP contribution in [0.25, 0.3) is 33.2 Å². The summed E-state index contributed by atoms with van der Waals surface area (Å²) in [7, 11) is 0. The smallest absolute Gasteiger partial charge is 0.0988 e. The molecule has 2 aromatic heterocycles. The van der Waals surface area contributed by atoms with Crippen molar-refractivity contribution in [2.75, 3.05) is 0 Å². The summed E-state index contributed by atoms with van der Waals surface area (Å²) in [5.74, 6) is 0. The molecular weight excluding hydrogens is 294 g/mol. The van der Waals surface area contributed by atoms with E-state index in [0.717, 1.165) is 38.9 Å². The minimum absolute atomic E-state index is 0.713. The van der Waals surface area contributed by atoms with Gasteiger partial charge in [0.25, 0.3) is 0 Å². The lowest BCUT2D eigenvalue weighted by Crippen LogP contribution is -1.95. The second-order valence-corrected chi connectivity index (χ2v) is 5.60. The SMILES string of the molecule is Cc1nc2ccc3ncccc3c2nc1-c1ccc(Cl)cc1. The third kappa shape index (κ3) is 2.11. The standard InChI is InChI=1S/C18H12ClN3/c1-11-17(12-4-6-13(19)7-5-12)22-18-14-3-2-10-20-15(14)8-9-16(18)21-11/h2-10H,1H3. The number of hydrogen-bond donors (Lipinski definition) is 0. The van der Waals surface area contributed by atoms with Crippen LogP contribution in [0, 0.1) is 6.92 Å². The second-order valence-electron chi connectivity index (χ2n) is 5.17. The van der Waals surface area contributed by atoms with Crippen LogP contribution in [0.5, 0.6) is 0 Å². The number of aryl methyl sites for hydroxylation is 1. The lowest BCUT2D eigenvalue weighted by molar-refractivity contribution is 1.19. The molecule has 0 N–H and O–H groups in total. The van der Waals surface area contributed by atoms with Crippen molar-refractivity contribution in [1.82, 2.24) is 15.0 Å². The maximum atomic E-state index is 5.97. The molecule has 4 aromatic rings. The molecule has 2 heterocycles. The monoisotopic (exact) mass is 305 g/mol. The zero-order chi connectivity index (χ0) is 15.1. The van der Waals surface area contributed by atoms with Gasteiger partial charge >= 0.3 is 0 Å². The van der Waals surface area contributed by atoms with Gasteiger partial charge in [-0.05, 0) is 43.3 Å². The number of hydrogen-bond acceptors (Lipinski definition) is 3. The molecule has 0 saturated carbocycles. The molecule has 3 nitrogen and oxygen atoms in total. The quantitative estimate of drug-likeness (QED) is 0.474. The number of halogens is 1. The van der Waals surface area contributed by atoms with E-state index in [1.807, 2.05) is 55.5 Å². The minimum atomic E-state index is 0.713. The van der Waals surface area contributed by atoms with Gasteiger partial charge in [-0.1, -0.05) is 23.7 Å². The third-order valence-corrected chi connectivity index (χ3v) is 3.96. The second kappa shape index (κ2) is 5.04. The summed E-state index contributed by atoms with van der Waals surface area (Å²) in [5, 5.41) is 1.73. The van der Waals surface area contributed by atoms with Crippen molar-refractivity contribution in [2.45, 2.75) is 6.92 Å². The molecule has 0 aliphatic rings. The van der Waals surface area contributed by atoms with Gasteiger partial charge in [0.05, 0.1) is 27.9 Å². The highest BCUT2D eigenvalue weighted by atomic mass is 35.5. The average molecular weight is 306 g/mol. The van der Waals surface area contributed by atoms with Gasteiger partial charge < -0.3 is 0 Å². The van der Waals surface area contributed by atoms with E-state index < -0.39 is 0 Å². The van der Waals surface area contributed by atoms with Crippen LogP contribution in [-0.4, -0.2) is 15.0 Å². The molecule has 0 atom stereocenters. The van der Waals surface area contributed by atoms with E-state index >= 15 is 0 Å². The zero-order valence-corrected chi connectivity index (χ0v) is 12.7. The van der Waals surface area contributed by atoms with Crippen LogP contribution >= 0.6 is 11.6 Å². The number of aromatic nitrogens is 3. The number of pyridine rings is 1. The van der Waals surface area contributed by atoms with Gasteiger partial charge in [-0.3, -0.25) is 4.98 Å². The van der Waals surface area contributed by atoms with Crippen LogP contribution in [-0.2, 0) is 0 Å². The Balaban J connectivity index is 2.05.